The fraction of sp³-hybridized carbons (Fsp3) is 0.333. The Bertz CT molecular complexity index is 978. The second kappa shape index (κ2) is 9.87. The Kier molecular flexibility index (Phi) is 7.24. The van der Waals surface area contributed by atoms with Crippen molar-refractivity contribution >= 4 is 38.3 Å². The van der Waals surface area contributed by atoms with Crippen molar-refractivity contribution in [3.8, 4) is 11.5 Å². The molecule has 2 aromatic carbocycles. The lowest BCUT2D eigenvalue weighted by Crippen LogP contribution is -2.09. The van der Waals surface area contributed by atoms with Crippen molar-refractivity contribution in [2.45, 2.75) is 20.1 Å². The summed E-state index contributed by atoms with van der Waals surface area (Å²) in [5, 5.41) is 4.17. The summed E-state index contributed by atoms with van der Waals surface area (Å²) in [6.45, 7) is 5.02. The van der Waals surface area contributed by atoms with Gasteiger partial charge in [0.05, 0.1) is 19.7 Å². The highest BCUT2D eigenvalue weighted by molar-refractivity contribution is 9.10. The Labute approximate surface area is 178 Å². The van der Waals surface area contributed by atoms with Crippen LogP contribution in [-0.2, 0) is 9.47 Å². The molecular weight excluding hydrogens is 438 g/mol. The summed E-state index contributed by atoms with van der Waals surface area (Å²) in [6.07, 6.45) is 1.10. The summed E-state index contributed by atoms with van der Waals surface area (Å²) in [5.74, 6) is 1.90. The molecule has 0 aliphatic heterocycles. The zero-order chi connectivity index (χ0) is 20.8. The summed E-state index contributed by atoms with van der Waals surface area (Å²) in [7, 11) is 3.20. The molecule has 0 aliphatic carbocycles. The molecule has 0 bridgehead atoms. The number of ether oxygens (including phenoxy) is 4. The van der Waals surface area contributed by atoms with Crippen molar-refractivity contribution < 1.29 is 18.9 Å². The zero-order valence-corrected chi connectivity index (χ0v) is 18.4. The maximum atomic E-state index is 5.69. The van der Waals surface area contributed by atoms with Gasteiger partial charge in [-0.15, -0.1) is 0 Å². The Morgan fingerprint density at radius 2 is 1.66 bits per heavy atom. The van der Waals surface area contributed by atoms with Crippen molar-refractivity contribution in [3.63, 3.8) is 0 Å². The van der Waals surface area contributed by atoms with E-state index >= 15 is 0 Å². The predicted molar refractivity (Wildman–Crippen MR) is 116 cm³/mol. The summed E-state index contributed by atoms with van der Waals surface area (Å²) in [4.78, 5) is 8.73. The minimum Gasteiger partial charge on any atom is -0.493 e. The summed E-state index contributed by atoms with van der Waals surface area (Å²) in [6, 6.07) is 9.58. The first-order valence-corrected chi connectivity index (χ1v) is 10.1. The van der Waals surface area contributed by atoms with Crippen molar-refractivity contribution in [2.75, 3.05) is 32.8 Å². The molecule has 0 atom stereocenters. The lowest BCUT2D eigenvalue weighted by Gasteiger charge is -2.19. The van der Waals surface area contributed by atoms with Crippen LogP contribution in [0.5, 0.6) is 11.5 Å². The van der Waals surface area contributed by atoms with Gasteiger partial charge < -0.3 is 24.3 Å². The molecule has 0 amide bonds. The van der Waals surface area contributed by atoms with Gasteiger partial charge in [0.15, 0.2) is 17.8 Å². The first-order chi connectivity index (χ1) is 14.1. The molecule has 0 fully saturated rings. The van der Waals surface area contributed by atoms with Gasteiger partial charge in [0.1, 0.15) is 12.1 Å². The van der Waals surface area contributed by atoms with Crippen LogP contribution in [0.3, 0.4) is 0 Å². The number of anilines is 2. The number of fused-ring (bicyclic) bond motifs is 1. The number of methoxy groups -OCH3 is 2. The van der Waals surface area contributed by atoms with Crippen LogP contribution >= 0.6 is 15.9 Å². The van der Waals surface area contributed by atoms with Gasteiger partial charge in [-0.05, 0) is 32.0 Å². The van der Waals surface area contributed by atoms with Crippen LogP contribution in [0.25, 0.3) is 10.9 Å². The van der Waals surface area contributed by atoms with E-state index < -0.39 is 6.29 Å². The molecule has 0 saturated heterocycles. The van der Waals surface area contributed by atoms with Crippen molar-refractivity contribution in [3.05, 3.63) is 46.7 Å². The Morgan fingerprint density at radius 1 is 0.966 bits per heavy atom. The molecule has 1 N–H and O–H groups in total. The van der Waals surface area contributed by atoms with Crippen LogP contribution in [0, 0.1) is 0 Å². The van der Waals surface area contributed by atoms with E-state index in [1.807, 2.05) is 44.2 Å². The normalized spacial score (nSPS) is 11.1. The Morgan fingerprint density at radius 3 is 2.28 bits per heavy atom. The molecule has 3 rings (SSSR count). The molecule has 0 aliphatic rings. The van der Waals surface area contributed by atoms with Crippen LogP contribution < -0.4 is 14.8 Å². The molecule has 0 saturated carbocycles. The molecular formula is C21H24BrN3O4. The average Bonchev–Trinajstić information content (AvgIpc) is 2.73. The van der Waals surface area contributed by atoms with E-state index in [-0.39, 0.29) is 0 Å². The Hall–Kier alpha value is -2.42. The van der Waals surface area contributed by atoms with E-state index in [1.165, 1.54) is 6.33 Å². The number of nitrogens with zero attached hydrogens (tertiary/aromatic N) is 2. The van der Waals surface area contributed by atoms with Gasteiger partial charge in [0.2, 0.25) is 0 Å². The second-order valence-electron chi connectivity index (χ2n) is 6.05. The molecule has 8 heteroatoms. The van der Waals surface area contributed by atoms with E-state index in [0.29, 0.717) is 30.5 Å². The van der Waals surface area contributed by atoms with Gasteiger partial charge in [-0.3, -0.25) is 0 Å². The number of halogens is 1. The van der Waals surface area contributed by atoms with Gasteiger partial charge in [-0.2, -0.15) is 0 Å². The van der Waals surface area contributed by atoms with Gasteiger partial charge in [-0.25, -0.2) is 9.97 Å². The highest BCUT2D eigenvalue weighted by atomic mass is 79.9. The monoisotopic (exact) mass is 461 g/mol. The fourth-order valence-corrected chi connectivity index (χ4v) is 3.51. The van der Waals surface area contributed by atoms with Crippen LogP contribution in [-0.4, -0.2) is 37.4 Å². The molecule has 3 aromatic rings. The summed E-state index contributed by atoms with van der Waals surface area (Å²) in [5.41, 5.74) is 2.55. The number of hydrogen-bond donors (Lipinski definition) is 1. The topological polar surface area (TPSA) is 74.7 Å². The largest absolute Gasteiger partial charge is 0.493 e. The SMILES string of the molecule is CCOC(OCC)c1ccc(Nc2ncnc3cc(OC)c(OC)cc23)cc1Br. The van der Waals surface area contributed by atoms with Crippen LogP contribution in [0.4, 0.5) is 11.5 Å². The molecule has 7 nitrogen and oxygen atoms in total. The molecule has 1 heterocycles. The number of aromatic nitrogens is 2. The van der Waals surface area contributed by atoms with Crippen molar-refractivity contribution in [1.29, 1.82) is 0 Å². The maximum Gasteiger partial charge on any atom is 0.184 e. The van der Waals surface area contributed by atoms with Crippen molar-refractivity contribution in [2.24, 2.45) is 0 Å². The van der Waals surface area contributed by atoms with Gasteiger partial charge in [0.25, 0.3) is 0 Å². The minimum atomic E-state index is -0.412. The first kappa shape index (κ1) is 21.3. The predicted octanol–water partition coefficient (Wildman–Crippen LogP) is 5.22. The molecule has 29 heavy (non-hydrogen) atoms. The first-order valence-electron chi connectivity index (χ1n) is 9.27. The fourth-order valence-electron chi connectivity index (χ4n) is 2.95. The minimum absolute atomic E-state index is 0.412. The lowest BCUT2D eigenvalue weighted by molar-refractivity contribution is -0.140. The van der Waals surface area contributed by atoms with Gasteiger partial charge in [0, 0.05) is 40.4 Å². The average molecular weight is 462 g/mol. The lowest BCUT2D eigenvalue weighted by atomic mass is 10.1. The third-order valence-electron chi connectivity index (χ3n) is 4.29. The van der Waals surface area contributed by atoms with Crippen molar-refractivity contribution in [1.82, 2.24) is 9.97 Å². The summed E-state index contributed by atoms with van der Waals surface area (Å²) >= 11 is 3.62. The molecule has 0 spiro atoms. The van der Waals surface area contributed by atoms with E-state index in [9.17, 15) is 0 Å². The molecule has 0 unspecified atom stereocenters. The van der Waals surface area contributed by atoms with E-state index in [4.69, 9.17) is 18.9 Å². The molecule has 154 valence electrons. The Balaban J connectivity index is 1.93. The standard InChI is InChI=1S/C21H24BrN3O4/c1-5-28-21(29-6-2)14-8-7-13(9-16(14)22)25-20-15-10-18(26-3)19(27-4)11-17(15)23-12-24-20/h7-12,21H,5-6H2,1-4H3,(H,23,24,25). The van der Waals surface area contributed by atoms with E-state index in [1.54, 1.807) is 14.2 Å². The summed E-state index contributed by atoms with van der Waals surface area (Å²) < 4.78 is 23.0. The third-order valence-corrected chi connectivity index (χ3v) is 4.98. The van der Waals surface area contributed by atoms with Crippen LogP contribution in [0.2, 0.25) is 0 Å². The van der Waals surface area contributed by atoms with Crippen LogP contribution in [0.15, 0.2) is 41.1 Å². The number of benzene rings is 2. The zero-order valence-electron chi connectivity index (χ0n) is 16.9. The van der Waals surface area contributed by atoms with Gasteiger partial charge in [-0.1, -0.05) is 22.0 Å². The number of nitrogens with one attached hydrogen (secondary N) is 1. The number of hydrogen-bond acceptors (Lipinski definition) is 7. The maximum absolute atomic E-state index is 5.69. The van der Waals surface area contributed by atoms with Crippen LogP contribution in [0.1, 0.15) is 25.7 Å². The smallest absolute Gasteiger partial charge is 0.184 e. The highest BCUT2D eigenvalue weighted by Gasteiger charge is 2.16. The molecule has 0 radical (unpaired) electrons. The molecule has 1 aromatic heterocycles. The van der Waals surface area contributed by atoms with Gasteiger partial charge >= 0.3 is 0 Å². The van der Waals surface area contributed by atoms with E-state index in [2.05, 4.69) is 31.2 Å². The highest BCUT2D eigenvalue weighted by Crippen LogP contribution is 2.35. The van der Waals surface area contributed by atoms with E-state index in [0.717, 1.165) is 26.6 Å². The second-order valence-corrected chi connectivity index (χ2v) is 6.90. The third kappa shape index (κ3) is 4.77. The quantitative estimate of drug-likeness (QED) is 0.437. The number of rotatable bonds is 9.